The molecule has 2 rings (SSSR count). The number of carbonyl (C=O) groups excluding carboxylic acids is 2. The van der Waals surface area contributed by atoms with Crippen molar-refractivity contribution in [3.05, 3.63) is 17.6 Å². The van der Waals surface area contributed by atoms with Gasteiger partial charge in [0.15, 0.2) is 0 Å². The van der Waals surface area contributed by atoms with Crippen molar-refractivity contribution in [3.63, 3.8) is 0 Å². The van der Waals surface area contributed by atoms with Crippen LogP contribution >= 0.6 is 11.8 Å². The molecular weight excluding hydrogens is 518 g/mol. The minimum atomic E-state index is -1.00. The first-order valence-electron chi connectivity index (χ1n) is 13.7. The van der Waals surface area contributed by atoms with Crippen molar-refractivity contribution in [2.24, 2.45) is 11.8 Å². The summed E-state index contributed by atoms with van der Waals surface area (Å²) in [7, 11) is 0. The van der Waals surface area contributed by atoms with Crippen LogP contribution < -0.4 is 5.32 Å². The minimum Gasteiger partial charge on any atom is -0.481 e. The largest absolute Gasteiger partial charge is 0.481 e. The summed E-state index contributed by atoms with van der Waals surface area (Å²) in [5, 5.41) is 13.2. The molecule has 1 saturated heterocycles. The summed E-state index contributed by atoms with van der Waals surface area (Å²) < 4.78 is 5.55. The predicted octanol–water partition coefficient (Wildman–Crippen LogP) is 4.75. The van der Waals surface area contributed by atoms with Crippen LogP contribution in [0.15, 0.2) is 6.20 Å². The number of aromatic nitrogens is 2. The van der Waals surface area contributed by atoms with Gasteiger partial charge in [0.2, 0.25) is 0 Å². The van der Waals surface area contributed by atoms with Gasteiger partial charge in [-0.3, -0.25) is 9.59 Å². The molecule has 1 aliphatic heterocycles. The van der Waals surface area contributed by atoms with Crippen LogP contribution in [0.4, 0.5) is 10.6 Å². The van der Waals surface area contributed by atoms with E-state index in [1.807, 2.05) is 34.6 Å². The predicted molar refractivity (Wildman–Crippen MR) is 155 cm³/mol. The van der Waals surface area contributed by atoms with E-state index in [4.69, 9.17) is 9.72 Å². The standard InChI is InChI=1S/C28H47N5O5S/c1-18(2)15-33(20-13-19(24(35)36)16-32(17-20)26(37)38-28(6,7)8)23(34)21-14-30-25(27(3,4)5)31-22(21)29-11-10-12-39-9/h14,18-20H,10-13,15-17H2,1-9H3,(H,35,36)(H,29,30,31)/t19-,20+/m1/s1. The summed E-state index contributed by atoms with van der Waals surface area (Å²) in [6, 6.07) is -0.506. The second-order valence-electron chi connectivity index (χ2n) is 12.6. The molecule has 1 aliphatic rings. The smallest absolute Gasteiger partial charge is 0.410 e. The van der Waals surface area contributed by atoms with E-state index in [-0.39, 0.29) is 36.8 Å². The molecule has 1 aromatic rings. The lowest BCUT2D eigenvalue weighted by Gasteiger charge is -2.42. The number of ether oxygens (including phenoxy) is 1. The van der Waals surface area contributed by atoms with Gasteiger partial charge < -0.3 is 25.0 Å². The van der Waals surface area contributed by atoms with Gasteiger partial charge in [0.25, 0.3) is 5.91 Å². The number of nitrogens with one attached hydrogen (secondary N) is 1. The van der Waals surface area contributed by atoms with Crippen LogP contribution in [-0.2, 0) is 14.9 Å². The van der Waals surface area contributed by atoms with Gasteiger partial charge in [-0.25, -0.2) is 14.8 Å². The number of rotatable bonds is 10. The van der Waals surface area contributed by atoms with Gasteiger partial charge in [-0.15, -0.1) is 0 Å². The van der Waals surface area contributed by atoms with Crippen molar-refractivity contribution in [2.45, 2.75) is 85.3 Å². The zero-order valence-corrected chi connectivity index (χ0v) is 25.9. The van der Waals surface area contributed by atoms with Gasteiger partial charge in [-0.05, 0) is 51.5 Å². The normalized spacial score (nSPS) is 18.2. The number of amides is 2. The second kappa shape index (κ2) is 13.7. The van der Waals surface area contributed by atoms with E-state index in [1.54, 1.807) is 43.6 Å². The maximum absolute atomic E-state index is 14.2. The number of piperidine rings is 1. The highest BCUT2D eigenvalue weighted by Gasteiger charge is 2.40. The zero-order chi connectivity index (χ0) is 29.5. The fourth-order valence-electron chi connectivity index (χ4n) is 4.36. The topological polar surface area (TPSA) is 125 Å². The number of likely N-dealkylation sites (tertiary alicyclic amines) is 1. The van der Waals surface area contributed by atoms with Crippen molar-refractivity contribution in [2.75, 3.05) is 43.5 Å². The average Bonchev–Trinajstić information content (AvgIpc) is 2.82. The summed E-state index contributed by atoms with van der Waals surface area (Å²) >= 11 is 1.76. The molecule has 1 aromatic heterocycles. The van der Waals surface area contributed by atoms with Gasteiger partial charge in [0.1, 0.15) is 22.8 Å². The Kier molecular flexibility index (Phi) is 11.4. The lowest BCUT2D eigenvalue weighted by Crippen LogP contribution is -2.56. The van der Waals surface area contributed by atoms with Crippen LogP contribution in [0.2, 0.25) is 0 Å². The third-order valence-corrected chi connectivity index (χ3v) is 6.90. The Morgan fingerprint density at radius 3 is 2.41 bits per heavy atom. The number of thioether (sulfide) groups is 1. The number of carboxylic acids is 1. The van der Waals surface area contributed by atoms with E-state index < -0.39 is 29.6 Å². The number of carboxylic acid groups (broad SMARTS) is 1. The molecule has 0 spiro atoms. The molecule has 11 heteroatoms. The van der Waals surface area contributed by atoms with E-state index in [1.165, 1.54) is 4.90 Å². The summed E-state index contributed by atoms with van der Waals surface area (Å²) in [5.74, 6) is 0.0951. The second-order valence-corrected chi connectivity index (χ2v) is 13.6. The highest BCUT2D eigenvalue weighted by atomic mass is 32.2. The molecule has 0 saturated carbocycles. The van der Waals surface area contributed by atoms with Gasteiger partial charge >= 0.3 is 12.1 Å². The maximum Gasteiger partial charge on any atom is 0.410 e. The van der Waals surface area contributed by atoms with Gasteiger partial charge in [0.05, 0.1) is 12.0 Å². The van der Waals surface area contributed by atoms with Gasteiger partial charge in [-0.1, -0.05) is 34.6 Å². The fourth-order valence-corrected chi connectivity index (χ4v) is 4.79. The number of aliphatic carboxylic acids is 1. The van der Waals surface area contributed by atoms with Gasteiger partial charge in [0, 0.05) is 37.8 Å². The first-order chi connectivity index (χ1) is 18.0. The number of anilines is 1. The van der Waals surface area contributed by atoms with Crippen LogP contribution in [0.5, 0.6) is 0 Å². The van der Waals surface area contributed by atoms with Crippen molar-refractivity contribution >= 4 is 35.5 Å². The molecule has 10 nitrogen and oxygen atoms in total. The molecule has 2 heterocycles. The molecule has 220 valence electrons. The zero-order valence-electron chi connectivity index (χ0n) is 25.0. The SMILES string of the molecule is CSCCCNc1nc(C(C)(C)C)ncc1C(=O)N(CC(C)C)[C@H]1C[C@@H](C(=O)O)CN(C(=O)OC(C)(C)C)C1. The molecular formula is C28H47N5O5S. The highest BCUT2D eigenvalue weighted by Crippen LogP contribution is 2.28. The van der Waals surface area contributed by atoms with Crippen molar-refractivity contribution < 1.29 is 24.2 Å². The summed E-state index contributed by atoms with van der Waals surface area (Å²) in [4.78, 5) is 51.6. The van der Waals surface area contributed by atoms with Crippen LogP contribution in [0, 0.1) is 11.8 Å². The molecule has 0 aromatic carbocycles. The Morgan fingerprint density at radius 1 is 1.21 bits per heavy atom. The van der Waals surface area contributed by atoms with E-state index in [0.717, 1.165) is 12.2 Å². The molecule has 2 N–H and O–H groups in total. The third-order valence-electron chi connectivity index (χ3n) is 6.20. The molecule has 0 unspecified atom stereocenters. The molecule has 0 aliphatic carbocycles. The number of hydrogen-bond donors (Lipinski definition) is 2. The molecule has 1 fully saturated rings. The van der Waals surface area contributed by atoms with E-state index in [0.29, 0.717) is 30.3 Å². The van der Waals surface area contributed by atoms with Crippen LogP contribution in [0.3, 0.4) is 0 Å². The first kappa shape index (κ1) is 32.7. The maximum atomic E-state index is 14.2. The number of nitrogens with zero attached hydrogens (tertiary/aromatic N) is 4. The Morgan fingerprint density at radius 2 is 1.87 bits per heavy atom. The summed E-state index contributed by atoms with van der Waals surface area (Å²) in [6.45, 7) is 16.6. The van der Waals surface area contributed by atoms with E-state index in [2.05, 4.69) is 16.6 Å². The first-order valence-corrected chi connectivity index (χ1v) is 15.0. The lowest BCUT2D eigenvalue weighted by molar-refractivity contribution is -0.144. The Hall–Kier alpha value is -2.56. The molecule has 0 radical (unpaired) electrons. The van der Waals surface area contributed by atoms with Crippen molar-refractivity contribution in [1.29, 1.82) is 0 Å². The fraction of sp³-hybridized carbons (Fsp3) is 0.750. The summed E-state index contributed by atoms with van der Waals surface area (Å²) in [5.41, 5.74) is -0.686. The van der Waals surface area contributed by atoms with E-state index in [9.17, 15) is 19.5 Å². The average molecular weight is 566 g/mol. The molecule has 39 heavy (non-hydrogen) atoms. The minimum absolute atomic E-state index is 0.0378. The van der Waals surface area contributed by atoms with Crippen LogP contribution in [-0.4, -0.2) is 92.7 Å². The van der Waals surface area contributed by atoms with Crippen LogP contribution in [0.25, 0.3) is 0 Å². The third kappa shape index (κ3) is 9.85. The van der Waals surface area contributed by atoms with Gasteiger partial charge in [-0.2, -0.15) is 11.8 Å². The molecule has 2 atom stereocenters. The Labute approximate surface area is 237 Å². The molecule has 0 bridgehead atoms. The van der Waals surface area contributed by atoms with Crippen molar-refractivity contribution in [1.82, 2.24) is 19.8 Å². The Bertz CT molecular complexity index is 1010. The monoisotopic (exact) mass is 565 g/mol. The quantitative estimate of drug-likeness (QED) is 0.387. The van der Waals surface area contributed by atoms with E-state index >= 15 is 0 Å². The van der Waals surface area contributed by atoms with Crippen molar-refractivity contribution in [3.8, 4) is 0 Å². The highest BCUT2D eigenvalue weighted by molar-refractivity contribution is 7.98. The molecule has 2 amide bonds. The summed E-state index contributed by atoms with van der Waals surface area (Å²) in [6.07, 6.45) is 4.20. The van der Waals surface area contributed by atoms with Crippen LogP contribution in [0.1, 0.15) is 84.4 Å². The number of carbonyl (C=O) groups is 3. The Balaban J connectivity index is 2.47. The number of hydrogen-bond acceptors (Lipinski definition) is 8. The lowest BCUT2D eigenvalue weighted by atomic mass is 9.92.